The van der Waals surface area contributed by atoms with E-state index in [0.29, 0.717) is 12.0 Å². The number of nitro benzene ring substituents is 1. The van der Waals surface area contributed by atoms with Crippen molar-refractivity contribution < 1.29 is 24.0 Å². The monoisotopic (exact) mass is 389 g/mol. The van der Waals surface area contributed by atoms with Gasteiger partial charge in [0.1, 0.15) is 18.2 Å². The average molecular weight is 389 g/mol. The average Bonchev–Trinajstić information content (AvgIpc) is 2.89. The van der Waals surface area contributed by atoms with E-state index in [4.69, 9.17) is 4.74 Å². The lowest BCUT2D eigenvalue weighted by Gasteiger charge is -2.36. The van der Waals surface area contributed by atoms with E-state index in [9.17, 15) is 24.5 Å². The van der Waals surface area contributed by atoms with Crippen molar-refractivity contribution in [2.24, 2.45) is 5.92 Å². The van der Waals surface area contributed by atoms with Crippen LogP contribution in [0.25, 0.3) is 0 Å². The molecule has 1 aromatic rings. The zero-order chi connectivity index (χ0) is 20.5. The maximum atomic E-state index is 12.9. The van der Waals surface area contributed by atoms with Gasteiger partial charge in [-0.05, 0) is 31.2 Å². The fourth-order valence-corrected chi connectivity index (χ4v) is 3.96. The van der Waals surface area contributed by atoms with Crippen molar-refractivity contribution in [3.05, 3.63) is 39.9 Å². The van der Waals surface area contributed by atoms with Gasteiger partial charge in [-0.3, -0.25) is 24.6 Å². The zero-order valence-electron chi connectivity index (χ0n) is 15.8. The summed E-state index contributed by atoms with van der Waals surface area (Å²) in [5.74, 6) is -1.13. The Morgan fingerprint density at radius 3 is 2.86 bits per heavy atom. The lowest BCUT2D eigenvalue weighted by molar-refractivity contribution is -0.385. The highest BCUT2D eigenvalue weighted by molar-refractivity contribution is 6.09. The Morgan fingerprint density at radius 1 is 1.43 bits per heavy atom. The number of urea groups is 1. The molecule has 1 aliphatic carbocycles. The molecule has 3 atom stereocenters. The zero-order valence-corrected chi connectivity index (χ0v) is 15.8. The number of rotatable bonds is 5. The number of benzene rings is 1. The van der Waals surface area contributed by atoms with E-state index in [-0.39, 0.29) is 17.5 Å². The molecule has 9 heteroatoms. The summed E-state index contributed by atoms with van der Waals surface area (Å²) in [7, 11) is 0. The minimum atomic E-state index is -0.929. The molecule has 150 valence electrons. The molecule has 1 aromatic carbocycles. The van der Waals surface area contributed by atoms with Gasteiger partial charge in [0.25, 0.3) is 11.6 Å². The Balaban J connectivity index is 1.66. The molecular formula is C19H23N3O6. The third kappa shape index (κ3) is 3.56. The third-order valence-corrected chi connectivity index (χ3v) is 5.65. The quantitative estimate of drug-likeness (QED) is 0.358. The van der Waals surface area contributed by atoms with Gasteiger partial charge in [-0.15, -0.1) is 0 Å². The molecule has 0 unspecified atom stereocenters. The number of hydrogen-bond acceptors (Lipinski definition) is 6. The smallest absolute Gasteiger partial charge is 0.326 e. The number of amides is 3. The van der Waals surface area contributed by atoms with Crippen molar-refractivity contribution in [3.63, 3.8) is 0 Å². The molecular weight excluding hydrogens is 366 g/mol. The van der Waals surface area contributed by atoms with Crippen molar-refractivity contribution in [2.45, 2.75) is 51.2 Å². The molecule has 1 saturated carbocycles. The van der Waals surface area contributed by atoms with Crippen LogP contribution in [-0.2, 0) is 14.3 Å². The molecule has 1 saturated heterocycles. The third-order valence-electron chi connectivity index (χ3n) is 5.65. The molecule has 2 fully saturated rings. The van der Waals surface area contributed by atoms with Crippen molar-refractivity contribution >= 4 is 23.6 Å². The van der Waals surface area contributed by atoms with Crippen molar-refractivity contribution in [3.8, 4) is 0 Å². The standard InChI is InChI=1S/C19H23N3O6/c1-12-6-3-4-9-19(12)17(24)21(18(25)20-19)11-16(23)28-13(2)14-7-5-8-15(10-14)22(26)27/h5,7-8,10,12-13H,3-4,6,9,11H2,1-2H3,(H,20,25)/t12-,13+,19+/m1/s1. The number of carbonyl (C=O) groups is 3. The summed E-state index contributed by atoms with van der Waals surface area (Å²) < 4.78 is 5.30. The van der Waals surface area contributed by atoms with Gasteiger partial charge < -0.3 is 10.1 Å². The van der Waals surface area contributed by atoms with Crippen LogP contribution in [0.15, 0.2) is 24.3 Å². The fourth-order valence-electron chi connectivity index (χ4n) is 3.96. The van der Waals surface area contributed by atoms with Crippen LogP contribution in [0.2, 0.25) is 0 Å². The van der Waals surface area contributed by atoms with E-state index in [2.05, 4.69) is 5.32 Å². The Hall–Kier alpha value is -2.97. The second kappa shape index (κ2) is 7.57. The lowest BCUT2D eigenvalue weighted by atomic mass is 9.73. The van der Waals surface area contributed by atoms with Crippen molar-refractivity contribution in [1.29, 1.82) is 0 Å². The molecule has 1 spiro atoms. The molecule has 2 aliphatic rings. The molecule has 3 amide bonds. The van der Waals surface area contributed by atoms with Crippen LogP contribution >= 0.6 is 0 Å². The number of ether oxygens (including phenoxy) is 1. The number of non-ortho nitro benzene ring substituents is 1. The first-order valence-corrected chi connectivity index (χ1v) is 9.32. The van der Waals surface area contributed by atoms with Gasteiger partial charge >= 0.3 is 12.0 Å². The van der Waals surface area contributed by atoms with Gasteiger partial charge in [0, 0.05) is 12.1 Å². The first-order valence-electron chi connectivity index (χ1n) is 9.32. The summed E-state index contributed by atoms with van der Waals surface area (Å²) in [6.07, 6.45) is 2.51. The van der Waals surface area contributed by atoms with Gasteiger partial charge in [0.05, 0.1) is 4.92 Å². The van der Waals surface area contributed by atoms with Gasteiger partial charge in [-0.1, -0.05) is 31.9 Å². The number of nitrogens with zero attached hydrogens (tertiary/aromatic N) is 2. The van der Waals surface area contributed by atoms with E-state index in [1.807, 2.05) is 6.92 Å². The minimum absolute atomic E-state index is 0.00233. The molecule has 0 bridgehead atoms. The Bertz CT molecular complexity index is 826. The summed E-state index contributed by atoms with van der Waals surface area (Å²) in [6, 6.07) is 5.19. The van der Waals surface area contributed by atoms with Crippen LogP contribution in [0, 0.1) is 16.0 Å². The minimum Gasteiger partial charge on any atom is -0.456 e. The largest absolute Gasteiger partial charge is 0.456 e. The van der Waals surface area contributed by atoms with Gasteiger partial charge in [0.2, 0.25) is 0 Å². The molecule has 28 heavy (non-hydrogen) atoms. The van der Waals surface area contributed by atoms with Crippen LogP contribution in [0.1, 0.15) is 51.2 Å². The number of nitro groups is 1. The van der Waals surface area contributed by atoms with Gasteiger partial charge in [-0.2, -0.15) is 0 Å². The van der Waals surface area contributed by atoms with Gasteiger partial charge in [-0.25, -0.2) is 4.79 Å². The van der Waals surface area contributed by atoms with Crippen LogP contribution in [0.5, 0.6) is 0 Å². The highest BCUT2D eigenvalue weighted by atomic mass is 16.6. The summed E-state index contributed by atoms with van der Waals surface area (Å²) in [4.78, 5) is 48.8. The number of esters is 1. The highest BCUT2D eigenvalue weighted by Crippen LogP contribution is 2.38. The fraction of sp³-hybridized carbons (Fsp3) is 0.526. The number of nitrogens with one attached hydrogen (secondary N) is 1. The molecule has 1 aliphatic heterocycles. The number of hydrogen-bond donors (Lipinski definition) is 1. The van der Waals surface area contributed by atoms with E-state index < -0.39 is 35.1 Å². The second-order valence-corrected chi connectivity index (χ2v) is 7.42. The first-order chi connectivity index (χ1) is 13.2. The maximum Gasteiger partial charge on any atom is 0.326 e. The molecule has 3 rings (SSSR count). The van der Waals surface area contributed by atoms with Crippen LogP contribution in [0.4, 0.5) is 10.5 Å². The topological polar surface area (TPSA) is 119 Å². The van der Waals surface area contributed by atoms with Crippen LogP contribution in [-0.4, -0.2) is 39.8 Å². The first kappa shape index (κ1) is 19.8. The Kier molecular flexibility index (Phi) is 5.35. The highest BCUT2D eigenvalue weighted by Gasteiger charge is 2.55. The predicted molar refractivity (Wildman–Crippen MR) is 98.2 cm³/mol. The van der Waals surface area contributed by atoms with Gasteiger partial charge in [0.15, 0.2) is 0 Å². The summed E-state index contributed by atoms with van der Waals surface area (Å²) in [5.41, 5.74) is -0.582. The van der Waals surface area contributed by atoms with Crippen molar-refractivity contribution in [2.75, 3.05) is 6.54 Å². The summed E-state index contributed by atoms with van der Waals surface area (Å²) >= 11 is 0. The van der Waals surface area contributed by atoms with E-state index in [1.54, 1.807) is 13.0 Å². The second-order valence-electron chi connectivity index (χ2n) is 7.42. The number of imide groups is 1. The van der Waals surface area contributed by atoms with E-state index >= 15 is 0 Å². The van der Waals surface area contributed by atoms with E-state index in [0.717, 1.165) is 24.2 Å². The van der Waals surface area contributed by atoms with Crippen molar-refractivity contribution in [1.82, 2.24) is 10.2 Å². The van der Waals surface area contributed by atoms with Crippen LogP contribution in [0.3, 0.4) is 0 Å². The lowest BCUT2D eigenvalue weighted by Crippen LogP contribution is -2.54. The maximum absolute atomic E-state index is 12.9. The number of carbonyl (C=O) groups excluding carboxylic acids is 3. The Morgan fingerprint density at radius 2 is 2.18 bits per heavy atom. The van der Waals surface area contributed by atoms with Crippen LogP contribution < -0.4 is 5.32 Å². The molecule has 1 N–H and O–H groups in total. The normalized spacial score (nSPS) is 25.5. The molecule has 0 aromatic heterocycles. The summed E-state index contributed by atoms with van der Waals surface area (Å²) in [5, 5.41) is 13.7. The van der Waals surface area contributed by atoms with E-state index in [1.165, 1.54) is 18.2 Å². The predicted octanol–water partition coefficient (Wildman–Crippen LogP) is 2.70. The SMILES string of the molecule is C[C@H](OC(=O)CN1C(=O)N[C@]2(CCCC[C@H]2C)C1=O)c1cccc([N+](=O)[O-])c1. The Labute approximate surface area is 162 Å². The molecule has 9 nitrogen and oxygen atoms in total. The summed E-state index contributed by atoms with van der Waals surface area (Å²) in [6.45, 7) is 3.02. The molecule has 0 radical (unpaired) electrons. The molecule has 1 heterocycles.